The zero-order chi connectivity index (χ0) is 12.7. The second-order valence-electron chi connectivity index (χ2n) is 3.50. The number of hydrogen-bond acceptors (Lipinski definition) is 4. The maximum absolute atomic E-state index is 11.6. The van der Waals surface area contributed by atoms with Crippen LogP contribution in [0, 0.1) is 0 Å². The molecule has 0 fully saturated rings. The lowest BCUT2D eigenvalue weighted by molar-refractivity contribution is -0.119. The Morgan fingerprint density at radius 1 is 1.53 bits per heavy atom. The van der Waals surface area contributed by atoms with Crippen LogP contribution >= 0.6 is 23.1 Å². The van der Waals surface area contributed by atoms with Crippen LogP contribution in [0.4, 0.5) is 0 Å². The van der Waals surface area contributed by atoms with Gasteiger partial charge in [0, 0.05) is 4.88 Å². The van der Waals surface area contributed by atoms with E-state index in [0.717, 1.165) is 11.3 Å². The maximum atomic E-state index is 11.6. The number of nitrogens with one attached hydrogen (secondary N) is 1. The summed E-state index contributed by atoms with van der Waals surface area (Å²) in [5.74, 6) is -0.00167. The standard InChI is InChI=1S/C11H16N2O2S2/c1-2-8(9-4-3-5-17-9)13-11(15)7-16-6-10(12)14/h3-5,8H,2,6-7H2,1H3,(H2,12,14)(H,13,15)/t8-/m1/s1. The van der Waals surface area contributed by atoms with Crippen LogP contribution in [0.3, 0.4) is 0 Å². The molecular formula is C11H16N2O2S2. The number of rotatable bonds is 7. The van der Waals surface area contributed by atoms with Gasteiger partial charge in [0.2, 0.25) is 11.8 Å². The van der Waals surface area contributed by atoms with Gasteiger partial charge in [-0.25, -0.2) is 0 Å². The summed E-state index contributed by atoms with van der Waals surface area (Å²) >= 11 is 2.87. The summed E-state index contributed by atoms with van der Waals surface area (Å²) in [6, 6.07) is 4.04. The molecule has 3 N–H and O–H groups in total. The zero-order valence-corrected chi connectivity index (χ0v) is 11.3. The molecule has 0 aromatic carbocycles. The molecule has 17 heavy (non-hydrogen) atoms. The molecule has 0 aliphatic rings. The van der Waals surface area contributed by atoms with Crippen molar-refractivity contribution in [3.8, 4) is 0 Å². The summed E-state index contributed by atoms with van der Waals surface area (Å²) < 4.78 is 0. The van der Waals surface area contributed by atoms with E-state index in [1.54, 1.807) is 11.3 Å². The molecule has 1 rings (SSSR count). The Bertz CT molecular complexity index is 366. The van der Waals surface area contributed by atoms with Gasteiger partial charge in [-0.15, -0.1) is 23.1 Å². The highest BCUT2D eigenvalue weighted by Crippen LogP contribution is 2.21. The van der Waals surface area contributed by atoms with Crippen molar-refractivity contribution in [2.75, 3.05) is 11.5 Å². The summed E-state index contributed by atoms with van der Waals surface area (Å²) in [5.41, 5.74) is 4.99. The van der Waals surface area contributed by atoms with Crippen LogP contribution in [0.2, 0.25) is 0 Å². The van der Waals surface area contributed by atoms with Crippen LogP contribution in [0.15, 0.2) is 17.5 Å². The van der Waals surface area contributed by atoms with Gasteiger partial charge in [-0.1, -0.05) is 13.0 Å². The molecule has 0 aliphatic heterocycles. The van der Waals surface area contributed by atoms with E-state index in [2.05, 4.69) is 5.32 Å². The number of carbonyl (C=O) groups is 2. The maximum Gasteiger partial charge on any atom is 0.230 e. The fourth-order valence-electron chi connectivity index (χ4n) is 1.34. The minimum absolute atomic E-state index is 0.0588. The molecule has 0 saturated heterocycles. The van der Waals surface area contributed by atoms with E-state index in [1.165, 1.54) is 11.8 Å². The Hall–Kier alpha value is -1.01. The smallest absolute Gasteiger partial charge is 0.230 e. The van der Waals surface area contributed by atoms with E-state index in [1.807, 2.05) is 24.4 Å². The zero-order valence-electron chi connectivity index (χ0n) is 9.64. The summed E-state index contributed by atoms with van der Waals surface area (Å²) in [4.78, 5) is 23.3. The van der Waals surface area contributed by atoms with Crippen LogP contribution in [-0.2, 0) is 9.59 Å². The van der Waals surface area contributed by atoms with Crippen LogP contribution in [0.1, 0.15) is 24.3 Å². The lowest BCUT2D eigenvalue weighted by Gasteiger charge is -2.15. The summed E-state index contributed by atoms with van der Waals surface area (Å²) in [6.07, 6.45) is 0.854. The number of thioether (sulfide) groups is 1. The second kappa shape index (κ2) is 7.34. The minimum atomic E-state index is -0.395. The van der Waals surface area contributed by atoms with Gasteiger partial charge in [0.25, 0.3) is 0 Å². The van der Waals surface area contributed by atoms with Gasteiger partial charge in [-0.3, -0.25) is 9.59 Å². The Morgan fingerprint density at radius 3 is 2.82 bits per heavy atom. The first-order valence-electron chi connectivity index (χ1n) is 5.32. The predicted molar refractivity (Wildman–Crippen MR) is 72.0 cm³/mol. The van der Waals surface area contributed by atoms with Gasteiger partial charge in [0.15, 0.2) is 0 Å². The average molecular weight is 272 g/mol. The van der Waals surface area contributed by atoms with Crippen LogP contribution in [-0.4, -0.2) is 23.3 Å². The van der Waals surface area contributed by atoms with Gasteiger partial charge in [-0.05, 0) is 17.9 Å². The number of primary amides is 1. The lowest BCUT2D eigenvalue weighted by atomic mass is 10.2. The van der Waals surface area contributed by atoms with E-state index >= 15 is 0 Å². The first-order valence-corrected chi connectivity index (χ1v) is 7.35. The third-order valence-corrected chi connectivity index (χ3v) is 4.05. The molecule has 4 nitrogen and oxygen atoms in total. The molecule has 0 saturated carbocycles. The molecule has 1 aromatic rings. The van der Waals surface area contributed by atoms with Crippen LogP contribution in [0.25, 0.3) is 0 Å². The summed E-state index contributed by atoms with van der Waals surface area (Å²) in [6.45, 7) is 2.03. The van der Waals surface area contributed by atoms with E-state index in [4.69, 9.17) is 5.73 Å². The molecule has 0 bridgehead atoms. The number of amides is 2. The summed E-state index contributed by atoms with van der Waals surface area (Å²) in [7, 11) is 0. The molecule has 0 radical (unpaired) electrons. The number of hydrogen-bond donors (Lipinski definition) is 2. The van der Waals surface area contributed by atoms with Crippen molar-refractivity contribution in [3.63, 3.8) is 0 Å². The van der Waals surface area contributed by atoms with E-state index in [9.17, 15) is 9.59 Å². The highest BCUT2D eigenvalue weighted by molar-refractivity contribution is 8.00. The molecule has 6 heteroatoms. The van der Waals surface area contributed by atoms with Crippen molar-refractivity contribution in [1.29, 1.82) is 0 Å². The molecule has 94 valence electrons. The average Bonchev–Trinajstić information content (AvgIpc) is 2.78. The molecular weight excluding hydrogens is 256 g/mol. The first-order chi connectivity index (χ1) is 8.13. The molecule has 1 aromatic heterocycles. The molecule has 1 heterocycles. The summed E-state index contributed by atoms with van der Waals surface area (Å²) in [5, 5.41) is 4.93. The van der Waals surface area contributed by atoms with Gasteiger partial charge < -0.3 is 11.1 Å². The van der Waals surface area contributed by atoms with E-state index in [0.29, 0.717) is 0 Å². The fraction of sp³-hybridized carbons (Fsp3) is 0.455. The van der Waals surface area contributed by atoms with Gasteiger partial charge in [-0.2, -0.15) is 0 Å². The van der Waals surface area contributed by atoms with E-state index < -0.39 is 5.91 Å². The normalized spacial score (nSPS) is 12.1. The largest absolute Gasteiger partial charge is 0.369 e. The highest BCUT2D eigenvalue weighted by Gasteiger charge is 2.13. The Kier molecular flexibility index (Phi) is 6.07. The van der Waals surface area contributed by atoms with Crippen molar-refractivity contribution in [2.24, 2.45) is 5.73 Å². The third kappa shape index (κ3) is 5.23. The van der Waals surface area contributed by atoms with Gasteiger partial charge in [0.05, 0.1) is 17.5 Å². The second-order valence-corrected chi connectivity index (χ2v) is 5.47. The van der Waals surface area contributed by atoms with Crippen LogP contribution in [0.5, 0.6) is 0 Å². The number of nitrogens with two attached hydrogens (primary N) is 1. The monoisotopic (exact) mass is 272 g/mol. The molecule has 0 unspecified atom stereocenters. The fourth-order valence-corrected chi connectivity index (χ4v) is 2.78. The third-order valence-electron chi connectivity index (χ3n) is 2.11. The Morgan fingerprint density at radius 2 is 2.29 bits per heavy atom. The lowest BCUT2D eigenvalue weighted by Crippen LogP contribution is -2.29. The minimum Gasteiger partial charge on any atom is -0.369 e. The number of carbonyl (C=O) groups excluding carboxylic acids is 2. The van der Waals surface area contributed by atoms with Gasteiger partial charge in [0.1, 0.15) is 0 Å². The van der Waals surface area contributed by atoms with Gasteiger partial charge >= 0.3 is 0 Å². The molecule has 2 amide bonds. The quantitative estimate of drug-likeness (QED) is 0.790. The Labute approximate surface area is 109 Å². The molecule has 1 atom stereocenters. The highest BCUT2D eigenvalue weighted by atomic mass is 32.2. The number of thiophene rings is 1. The van der Waals surface area contributed by atoms with Crippen molar-refractivity contribution in [3.05, 3.63) is 22.4 Å². The topological polar surface area (TPSA) is 72.2 Å². The van der Waals surface area contributed by atoms with Crippen molar-refractivity contribution >= 4 is 34.9 Å². The first kappa shape index (κ1) is 14.1. The van der Waals surface area contributed by atoms with Crippen LogP contribution < -0.4 is 11.1 Å². The Balaban J connectivity index is 2.36. The van der Waals surface area contributed by atoms with Crippen molar-refractivity contribution in [1.82, 2.24) is 5.32 Å². The van der Waals surface area contributed by atoms with E-state index in [-0.39, 0.29) is 23.5 Å². The predicted octanol–water partition coefficient (Wildman–Crippen LogP) is 1.53. The van der Waals surface area contributed by atoms with Crippen molar-refractivity contribution < 1.29 is 9.59 Å². The molecule has 0 spiro atoms. The van der Waals surface area contributed by atoms with Crippen molar-refractivity contribution in [2.45, 2.75) is 19.4 Å². The molecule has 0 aliphatic carbocycles. The SMILES string of the molecule is CC[C@@H](NC(=O)CSCC(N)=O)c1cccs1.